The third-order valence-electron chi connectivity index (χ3n) is 7.77. The molecule has 4 aliphatic rings. The number of carbonyl (C=O) groups excluding carboxylic acids is 3. The summed E-state index contributed by atoms with van der Waals surface area (Å²) in [4.78, 5) is 51.0. The van der Waals surface area contributed by atoms with Crippen molar-refractivity contribution < 1.29 is 34.1 Å². The fourth-order valence-electron chi connectivity index (χ4n) is 6.01. The molecule has 0 aromatic heterocycles. The van der Waals surface area contributed by atoms with Gasteiger partial charge in [-0.25, -0.2) is 0 Å². The summed E-state index contributed by atoms with van der Waals surface area (Å²) in [6.07, 6.45) is -0.0560. The Morgan fingerprint density at radius 1 is 1.10 bits per heavy atom. The number of hydrogen-bond acceptors (Lipinski definition) is 8. The zero-order valence-corrected chi connectivity index (χ0v) is 23.4. The number of ether oxygens (including phenoxy) is 1. The van der Waals surface area contributed by atoms with Crippen LogP contribution in [0.1, 0.15) is 28.8 Å². The molecule has 1 spiro atoms. The number of carboxylic acid groups (broad SMARTS) is 1. The molecule has 12 heteroatoms. The van der Waals surface area contributed by atoms with E-state index < -0.39 is 18.1 Å². The highest BCUT2D eigenvalue weighted by atomic mass is 79.9. The zero-order chi connectivity index (χ0) is 28.4. The Morgan fingerprint density at radius 2 is 1.80 bits per heavy atom. The van der Waals surface area contributed by atoms with Crippen molar-refractivity contribution in [2.75, 3.05) is 44.2 Å². The molecule has 2 atom stereocenters. The fourth-order valence-corrected chi connectivity index (χ4v) is 6.28. The molecule has 3 N–H and O–H groups in total. The third kappa shape index (κ3) is 5.84. The quantitative estimate of drug-likeness (QED) is 0.312. The molecule has 2 aromatic rings. The van der Waals surface area contributed by atoms with E-state index in [0.717, 1.165) is 36.2 Å². The molecule has 1 unspecified atom stereocenters. The lowest BCUT2D eigenvalue weighted by Gasteiger charge is -2.61. The molecule has 4 aliphatic heterocycles. The molecule has 3 fully saturated rings. The lowest BCUT2D eigenvalue weighted by Crippen LogP contribution is -2.72. The third-order valence-corrected chi connectivity index (χ3v) is 8.30. The summed E-state index contributed by atoms with van der Waals surface area (Å²) < 4.78 is 6.93. The maximum absolute atomic E-state index is 12.8. The molecular formula is C28H31BrN4O7. The van der Waals surface area contributed by atoms with E-state index in [1.54, 1.807) is 18.2 Å². The van der Waals surface area contributed by atoms with Crippen molar-refractivity contribution in [2.24, 2.45) is 5.41 Å². The summed E-state index contributed by atoms with van der Waals surface area (Å²) in [7, 11) is 0. The van der Waals surface area contributed by atoms with Crippen LogP contribution in [0.15, 0.2) is 46.9 Å². The zero-order valence-electron chi connectivity index (χ0n) is 21.8. The van der Waals surface area contributed by atoms with Crippen molar-refractivity contribution in [3.63, 3.8) is 0 Å². The molecule has 0 saturated carbocycles. The number of halogens is 1. The van der Waals surface area contributed by atoms with E-state index in [1.165, 1.54) is 10.6 Å². The first-order chi connectivity index (χ1) is 19.2. The Morgan fingerprint density at radius 3 is 2.48 bits per heavy atom. The number of rotatable bonds is 7. The molecule has 2 aromatic carbocycles. The number of carbonyl (C=O) groups is 4. The van der Waals surface area contributed by atoms with Gasteiger partial charge in [0, 0.05) is 66.8 Å². The minimum atomic E-state index is -0.638. The molecule has 3 amide bonds. The second-order valence-corrected chi connectivity index (χ2v) is 11.7. The summed E-state index contributed by atoms with van der Waals surface area (Å²) in [5.74, 6) is -0.353. The van der Waals surface area contributed by atoms with Crippen LogP contribution >= 0.6 is 15.9 Å². The van der Waals surface area contributed by atoms with Crippen LogP contribution < -0.4 is 15.0 Å². The van der Waals surface area contributed by atoms with Gasteiger partial charge in [0.05, 0.1) is 0 Å². The smallest absolute Gasteiger partial charge is 0.290 e. The first-order valence-electron chi connectivity index (χ1n) is 13.1. The van der Waals surface area contributed by atoms with E-state index in [4.69, 9.17) is 14.6 Å². The molecule has 6 rings (SSSR count). The summed E-state index contributed by atoms with van der Waals surface area (Å²) >= 11 is 3.48. The van der Waals surface area contributed by atoms with Crippen LogP contribution in [0.2, 0.25) is 0 Å². The van der Waals surface area contributed by atoms with E-state index >= 15 is 0 Å². The molecule has 0 radical (unpaired) electrons. The minimum absolute atomic E-state index is 0.165. The van der Waals surface area contributed by atoms with Crippen LogP contribution in [-0.4, -0.2) is 95.7 Å². The highest BCUT2D eigenvalue weighted by molar-refractivity contribution is 9.10. The number of benzene rings is 2. The topological polar surface area (TPSA) is 140 Å². The molecule has 40 heavy (non-hydrogen) atoms. The van der Waals surface area contributed by atoms with Crippen LogP contribution in [0.5, 0.6) is 5.75 Å². The summed E-state index contributed by atoms with van der Waals surface area (Å²) in [5.41, 5.74) is 2.90. The largest absolute Gasteiger partial charge is 0.491 e. The van der Waals surface area contributed by atoms with E-state index in [2.05, 4.69) is 55.3 Å². The van der Waals surface area contributed by atoms with E-state index in [9.17, 15) is 19.5 Å². The van der Waals surface area contributed by atoms with Gasteiger partial charge >= 0.3 is 0 Å². The van der Waals surface area contributed by atoms with Crippen LogP contribution in [-0.2, 0) is 20.9 Å². The molecule has 212 valence electrons. The highest BCUT2D eigenvalue weighted by Gasteiger charge is 2.51. The number of aliphatic hydroxyl groups is 1. The predicted octanol–water partition coefficient (Wildman–Crippen LogP) is 1.47. The number of fused-ring (bicyclic) bond motifs is 1. The van der Waals surface area contributed by atoms with Crippen molar-refractivity contribution in [1.82, 2.24) is 15.1 Å². The molecule has 0 bridgehead atoms. The number of hydrogen-bond donors (Lipinski definition) is 3. The van der Waals surface area contributed by atoms with E-state index in [1.807, 2.05) is 0 Å². The van der Waals surface area contributed by atoms with Crippen LogP contribution in [0.3, 0.4) is 0 Å². The Balaban J connectivity index is 0.00000103. The Bertz CT molecular complexity index is 1290. The Kier molecular flexibility index (Phi) is 8.11. The first kappa shape index (κ1) is 28.1. The molecular weight excluding hydrogens is 584 g/mol. The predicted molar refractivity (Wildman–Crippen MR) is 148 cm³/mol. The van der Waals surface area contributed by atoms with Crippen molar-refractivity contribution in [3.8, 4) is 5.75 Å². The fraction of sp³-hybridized carbons (Fsp3) is 0.429. The summed E-state index contributed by atoms with van der Waals surface area (Å²) in [5, 5.41) is 19.7. The van der Waals surface area contributed by atoms with Gasteiger partial charge in [0.1, 0.15) is 24.5 Å². The Labute approximate surface area is 239 Å². The maximum atomic E-state index is 12.8. The van der Waals surface area contributed by atoms with Crippen molar-refractivity contribution in [3.05, 3.63) is 58.1 Å². The standard InChI is InChI=1S/C27H29BrN4O5.CH2O2/c28-18-1-3-19(4-2-18)31-15-27(16-31)13-30(14-27)11-20(33)12-37-21-5-6-22-17(9-21)10-32(26(22)36)23-7-8-24(34)29-25(23)35;2-1-3/h1-6,9,20,23,33H,7-8,10-16H2,(H,29,34,35);1H,(H,2,3)/t20-,23?;/m1./s1. The van der Waals surface area contributed by atoms with E-state index in [0.29, 0.717) is 36.2 Å². The van der Waals surface area contributed by atoms with Gasteiger partial charge in [-0.3, -0.25) is 29.4 Å². The number of β-amino-alcohol motifs (C(OH)–C–C–N with tert-alkyl or cyclic N) is 1. The average molecular weight is 615 g/mol. The average Bonchev–Trinajstić information content (AvgIpc) is 3.20. The molecule has 0 aliphatic carbocycles. The monoisotopic (exact) mass is 614 g/mol. The molecule has 4 heterocycles. The number of imide groups is 1. The number of likely N-dealkylation sites (tertiary alicyclic amines) is 1. The molecule has 3 saturated heterocycles. The highest BCUT2D eigenvalue weighted by Crippen LogP contribution is 2.42. The van der Waals surface area contributed by atoms with Gasteiger partial charge in [0.2, 0.25) is 11.8 Å². The van der Waals surface area contributed by atoms with Crippen molar-refractivity contribution in [1.29, 1.82) is 0 Å². The number of anilines is 1. The van der Waals surface area contributed by atoms with E-state index in [-0.39, 0.29) is 31.3 Å². The second-order valence-electron chi connectivity index (χ2n) is 10.8. The normalized spacial score (nSPS) is 21.9. The van der Waals surface area contributed by atoms with Gasteiger partial charge in [0.15, 0.2) is 0 Å². The van der Waals surface area contributed by atoms with Crippen LogP contribution in [0.4, 0.5) is 5.69 Å². The number of nitrogens with one attached hydrogen (secondary N) is 1. The summed E-state index contributed by atoms with van der Waals surface area (Å²) in [6, 6.07) is 13.0. The van der Waals surface area contributed by atoms with Crippen molar-refractivity contribution >= 4 is 45.8 Å². The van der Waals surface area contributed by atoms with Crippen molar-refractivity contribution in [2.45, 2.75) is 31.5 Å². The van der Waals surface area contributed by atoms with Gasteiger partial charge in [-0.15, -0.1) is 0 Å². The first-order valence-corrected chi connectivity index (χ1v) is 13.9. The number of piperidine rings is 1. The van der Waals surface area contributed by atoms with Gasteiger partial charge in [0.25, 0.3) is 12.4 Å². The maximum Gasteiger partial charge on any atom is 0.290 e. The van der Waals surface area contributed by atoms with Gasteiger partial charge < -0.3 is 24.7 Å². The SMILES string of the molecule is O=C1CCC(N2Cc3cc(OC[C@H](O)CN4CC5(C4)CN(c4ccc(Br)cc4)C5)ccc3C2=O)C(=O)N1.O=CO. The number of aliphatic hydroxyl groups excluding tert-OH is 1. The van der Waals surface area contributed by atoms with Gasteiger partial charge in [-0.05, 0) is 54.4 Å². The van der Waals surface area contributed by atoms with Crippen LogP contribution in [0, 0.1) is 5.41 Å². The van der Waals surface area contributed by atoms with Gasteiger partial charge in [-0.1, -0.05) is 15.9 Å². The summed E-state index contributed by atoms with van der Waals surface area (Å²) in [6.45, 7) is 4.82. The second kappa shape index (κ2) is 11.6. The Hall–Kier alpha value is -3.48. The van der Waals surface area contributed by atoms with Gasteiger partial charge in [-0.2, -0.15) is 0 Å². The lowest BCUT2D eigenvalue weighted by atomic mass is 9.72. The lowest BCUT2D eigenvalue weighted by molar-refractivity contribution is -0.137. The minimum Gasteiger partial charge on any atom is -0.491 e. The van der Waals surface area contributed by atoms with Crippen LogP contribution in [0.25, 0.3) is 0 Å². The molecule has 11 nitrogen and oxygen atoms in total. The number of amides is 3. The number of nitrogens with zero attached hydrogens (tertiary/aromatic N) is 3.